The third kappa shape index (κ3) is 3.07. The van der Waals surface area contributed by atoms with Crippen LogP contribution < -0.4 is 14.8 Å². The maximum Gasteiger partial charge on any atom is 0.165 e. The van der Waals surface area contributed by atoms with Crippen LogP contribution in [0, 0.1) is 0 Å². The fourth-order valence-electron chi connectivity index (χ4n) is 2.29. The molecule has 5 nitrogen and oxygen atoms in total. The van der Waals surface area contributed by atoms with Gasteiger partial charge in [-0.05, 0) is 25.0 Å². The van der Waals surface area contributed by atoms with Gasteiger partial charge in [-0.1, -0.05) is 12.1 Å². The van der Waals surface area contributed by atoms with Crippen LogP contribution in [0.5, 0.6) is 11.5 Å². The highest BCUT2D eigenvalue weighted by molar-refractivity contribution is 5.48. The zero-order chi connectivity index (χ0) is 14.7. The molecule has 1 fully saturated rings. The van der Waals surface area contributed by atoms with Gasteiger partial charge >= 0.3 is 0 Å². The van der Waals surface area contributed by atoms with E-state index in [1.54, 1.807) is 14.2 Å². The molecule has 5 heteroatoms. The minimum absolute atomic E-state index is 0.554. The Balaban J connectivity index is 1.74. The molecule has 21 heavy (non-hydrogen) atoms. The SMILES string of the molecule is COc1cccc(CNc2ccnc(C3CC3)n2)c1OC. The van der Waals surface area contributed by atoms with Crippen LogP contribution in [0.25, 0.3) is 0 Å². The van der Waals surface area contributed by atoms with Crippen LogP contribution in [0.3, 0.4) is 0 Å². The molecule has 1 aromatic carbocycles. The zero-order valence-electron chi connectivity index (χ0n) is 12.3. The molecule has 110 valence electrons. The number of rotatable bonds is 6. The predicted octanol–water partition coefficient (Wildman–Crippen LogP) is 2.98. The van der Waals surface area contributed by atoms with Gasteiger partial charge in [-0.2, -0.15) is 0 Å². The van der Waals surface area contributed by atoms with Crippen LogP contribution in [-0.4, -0.2) is 24.2 Å². The van der Waals surface area contributed by atoms with Crippen molar-refractivity contribution >= 4 is 5.82 Å². The molecule has 0 unspecified atom stereocenters. The number of anilines is 1. The Morgan fingerprint density at radius 2 is 2.05 bits per heavy atom. The van der Waals surface area contributed by atoms with E-state index in [4.69, 9.17) is 9.47 Å². The molecular weight excluding hydrogens is 266 g/mol. The molecule has 0 amide bonds. The summed E-state index contributed by atoms with van der Waals surface area (Å²) in [5.74, 6) is 3.83. The molecule has 1 N–H and O–H groups in total. The molecule has 1 aliphatic carbocycles. The Morgan fingerprint density at radius 3 is 2.76 bits per heavy atom. The number of benzene rings is 1. The molecule has 1 aliphatic rings. The van der Waals surface area contributed by atoms with E-state index in [1.807, 2.05) is 30.5 Å². The van der Waals surface area contributed by atoms with Crippen molar-refractivity contribution in [1.29, 1.82) is 0 Å². The predicted molar refractivity (Wildman–Crippen MR) is 80.9 cm³/mol. The van der Waals surface area contributed by atoms with E-state index >= 15 is 0 Å². The lowest BCUT2D eigenvalue weighted by Gasteiger charge is -2.13. The van der Waals surface area contributed by atoms with Gasteiger partial charge in [0.25, 0.3) is 0 Å². The lowest BCUT2D eigenvalue weighted by atomic mass is 10.2. The topological polar surface area (TPSA) is 56.3 Å². The van der Waals surface area contributed by atoms with Gasteiger partial charge in [-0.3, -0.25) is 0 Å². The molecule has 0 radical (unpaired) electrons. The Morgan fingerprint density at radius 1 is 1.19 bits per heavy atom. The number of aromatic nitrogens is 2. The molecule has 1 aromatic heterocycles. The molecule has 0 saturated heterocycles. The van der Waals surface area contributed by atoms with Gasteiger partial charge in [-0.15, -0.1) is 0 Å². The quantitative estimate of drug-likeness (QED) is 0.884. The monoisotopic (exact) mass is 285 g/mol. The summed E-state index contributed by atoms with van der Waals surface area (Å²) >= 11 is 0. The van der Waals surface area contributed by atoms with Gasteiger partial charge in [-0.25, -0.2) is 9.97 Å². The number of para-hydroxylation sites is 1. The number of hydrogen-bond acceptors (Lipinski definition) is 5. The van der Waals surface area contributed by atoms with Crippen molar-refractivity contribution < 1.29 is 9.47 Å². The normalized spacial score (nSPS) is 13.8. The van der Waals surface area contributed by atoms with Gasteiger partial charge < -0.3 is 14.8 Å². The first-order chi connectivity index (χ1) is 10.3. The van der Waals surface area contributed by atoms with E-state index in [-0.39, 0.29) is 0 Å². The Bertz CT molecular complexity index is 627. The standard InChI is InChI=1S/C16H19N3O2/c1-20-13-5-3-4-12(15(13)21-2)10-18-14-8-9-17-16(19-14)11-6-7-11/h3-5,8-9,11H,6-7,10H2,1-2H3,(H,17,18,19). The highest BCUT2D eigenvalue weighted by Gasteiger charge is 2.26. The van der Waals surface area contributed by atoms with Crippen molar-refractivity contribution in [2.75, 3.05) is 19.5 Å². The average molecular weight is 285 g/mol. The summed E-state index contributed by atoms with van der Waals surface area (Å²) in [6, 6.07) is 7.74. The second-order valence-electron chi connectivity index (χ2n) is 5.08. The molecule has 0 atom stereocenters. The number of hydrogen-bond donors (Lipinski definition) is 1. The van der Waals surface area contributed by atoms with Crippen molar-refractivity contribution in [2.24, 2.45) is 0 Å². The number of nitrogens with one attached hydrogen (secondary N) is 1. The Kier molecular flexibility index (Phi) is 3.90. The largest absolute Gasteiger partial charge is 0.493 e. The first-order valence-electron chi connectivity index (χ1n) is 7.08. The highest BCUT2D eigenvalue weighted by atomic mass is 16.5. The lowest BCUT2D eigenvalue weighted by molar-refractivity contribution is 0.352. The average Bonchev–Trinajstić information content (AvgIpc) is 3.37. The molecule has 0 aliphatic heterocycles. The fraction of sp³-hybridized carbons (Fsp3) is 0.375. The Labute approximate surface area is 124 Å². The third-order valence-corrected chi connectivity index (χ3v) is 3.56. The molecule has 1 saturated carbocycles. The van der Waals surface area contributed by atoms with Crippen molar-refractivity contribution in [3.05, 3.63) is 41.9 Å². The summed E-state index contributed by atoms with van der Waals surface area (Å²) in [6.45, 7) is 0.626. The van der Waals surface area contributed by atoms with Crippen molar-refractivity contribution in [3.8, 4) is 11.5 Å². The minimum Gasteiger partial charge on any atom is -0.493 e. The van der Waals surface area contributed by atoms with Crippen molar-refractivity contribution in [2.45, 2.75) is 25.3 Å². The lowest BCUT2D eigenvalue weighted by Crippen LogP contribution is -2.05. The first-order valence-corrected chi connectivity index (χ1v) is 7.08. The summed E-state index contributed by atoms with van der Waals surface area (Å²) in [5.41, 5.74) is 1.03. The van der Waals surface area contributed by atoms with E-state index in [9.17, 15) is 0 Å². The van der Waals surface area contributed by atoms with Crippen LogP contribution in [0.2, 0.25) is 0 Å². The van der Waals surface area contributed by atoms with Crippen molar-refractivity contribution in [1.82, 2.24) is 9.97 Å². The van der Waals surface area contributed by atoms with Crippen molar-refractivity contribution in [3.63, 3.8) is 0 Å². The van der Waals surface area contributed by atoms with Crippen LogP contribution in [0.1, 0.15) is 30.1 Å². The summed E-state index contributed by atoms with van der Waals surface area (Å²) < 4.78 is 10.7. The van der Waals surface area contributed by atoms with Crippen LogP contribution >= 0.6 is 0 Å². The van der Waals surface area contributed by atoms with E-state index in [2.05, 4.69) is 15.3 Å². The van der Waals surface area contributed by atoms with E-state index < -0.39 is 0 Å². The maximum absolute atomic E-state index is 5.43. The van der Waals surface area contributed by atoms with Crippen LogP contribution in [-0.2, 0) is 6.54 Å². The number of nitrogens with zero attached hydrogens (tertiary/aromatic N) is 2. The van der Waals surface area contributed by atoms with Gasteiger partial charge in [0.05, 0.1) is 14.2 Å². The molecule has 0 spiro atoms. The second-order valence-corrected chi connectivity index (χ2v) is 5.08. The minimum atomic E-state index is 0.554. The second kappa shape index (κ2) is 5.99. The van der Waals surface area contributed by atoms with Crippen LogP contribution in [0.15, 0.2) is 30.5 Å². The zero-order valence-corrected chi connectivity index (χ0v) is 12.3. The van der Waals surface area contributed by atoms with Gasteiger partial charge in [0, 0.05) is 24.2 Å². The Hall–Kier alpha value is -2.30. The highest BCUT2D eigenvalue weighted by Crippen LogP contribution is 2.38. The molecule has 2 aromatic rings. The fourth-order valence-corrected chi connectivity index (χ4v) is 2.29. The maximum atomic E-state index is 5.43. The molecule has 3 rings (SSSR count). The van der Waals surface area contributed by atoms with Gasteiger partial charge in [0.2, 0.25) is 0 Å². The van der Waals surface area contributed by atoms with Crippen LogP contribution in [0.4, 0.5) is 5.82 Å². The van der Waals surface area contributed by atoms with E-state index in [0.29, 0.717) is 12.5 Å². The summed E-state index contributed by atoms with van der Waals surface area (Å²) in [4.78, 5) is 8.88. The van der Waals surface area contributed by atoms with E-state index in [1.165, 1.54) is 12.8 Å². The summed E-state index contributed by atoms with van der Waals surface area (Å²) in [7, 11) is 3.29. The number of ether oxygens (including phenoxy) is 2. The number of methoxy groups -OCH3 is 2. The summed E-state index contributed by atoms with van der Waals surface area (Å²) in [6.07, 6.45) is 4.21. The first kappa shape index (κ1) is 13.7. The molecule has 0 bridgehead atoms. The smallest absolute Gasteiger partial charge is 0.165 e. The summed E-state index contributed by atoms with van der Waals surface area (Å²) in [5, 5.41) is 3.32. The molecule has 1 heterocycles. The van der Waals surface area contributed by atoms with E-state index in [0.717, 1.165) is 28.7 Å². The van der Waals surface area contributed by atoms with Gasteiger partial charge in [0.1, 0.15) is 11.6 Å². The molecular formula is C16H19N3O2. The van der Waals surface area contributed by atoms with Gasteiger partial charge in [0.15, 0.2) is 11.5 Å². The third-order valence-electron chi connectivity index (χ3n) is 3.56.